The predicted molar refractivity (Wildman–Crippen MR) is 76.5 cm³/mol. The molecule has 0 atom stereocenters. The minimum absolute atomic E-state index is 0.00864. The van der Waals surface area contributed by atoms with Crippen LogP contribution < -0.4 is 10.9 Å². The van der Waals surface area contributed by atoms with Gasteiger partial charge in [-0.2, -0.15) is 0 Å². The number of halogens is 1. The van der Waals surface area contributed by atoms with Crippen molar-refractivity contribution in [3.63, 3.8) is 0 Å². The molecule has 0 fully saturated rings. The van der Waals surface area contributed by atoms with Crippen molar-refractivity contribution in [3.8, 4) is 5.69 Å². The van der Waals surface area contributed by atoms with Gasteiger partial charge in [0, 0.05) is 15.7 Å². The van der Waals surface area contributed by atoms with E-state index in [0.717, 1.165) is 34.4 Å². The number of H-pyrrole nitrogens is 1. The first-order valence-corrected chi connectivity index (χ1v) is 6.64. The first kappa shape index (κ1) is 13.1. The number of hydrogen-bond donors (Lipinski definition) is 2. The Morgan fingerprint density at radius 2 is 2.00 bits per heavy atom. The molecule has 0 unspecified atom stereocenters. The minimum Gasteiger partial charge on any atom is -0.319 e. The molecule has 0 saturated carbocycles. The van der Waals surface area contributed by atoms with E-state index in [4.69, 9.17) is 0 Å². The normalized spacial score (nSPS) is 10.8. The maximum Gasteiger partial charge on any atom is 0.267 e. The van der Waals surface area contributed by atoms with Gasteiger partial charge in [0.25, 0.3) is 5.56 Å². The van der Waals surface area contributed by atoms with Crippen LogP contribution >= 0.6 is 15.9 Å². The summed E-state index contributed by atoms with van der Waals surface area (Å²) in [6.45, 7) is 2.76. The fourth-order valence-corrected chi connectivity index (χ4v) is 2.21. The fraction of sp³-hybridized carbons (Fsp3) is 0.308. The second-order valence-corrected chi connectivity index (χ2v) is 5.09. The Bertz CT molecular complexity index is 583. The summed E-state index contributed by atoms with van der Waals surface area (Å²) < 4.78 is 2.86. The highest BCUT2D eigenvalue weighted by Crippen LogP contribution is 2.15. The van der Waals surface area contributed by atoms with E-state index in [1.807, 2.05) is 42.9 Å². The van der Waals surface area contributed by atoms with Crippen LogP contribution in [0.4, 0.5) is 0 Å². The van der Waals surface area contributed by atoms with Crippen LogP contribution in [-0.4, -0.2) is 23.4 Å². The third-order valence-electron chi connectivity index (χ3n) is 2.97. The summed E-state index contributed by atoms with van der Waals surface area (Å²) >= 11 is 3.40. The number of likely N-dealkylation sites (N-methyl/N-ethyl adjacent to an activating group) is 1. The van der Waals surface area contributed by atoms with E-state index in [1.165, 1.54) is 0 Å². The van der Waals surface area contributed by atoms with Crippen LogP contribution in [0.15, 0.2) is 33.5 Å². The predicted octanol–water partition coefficient (Wildman–Crippen LogP) is 2.00. The smallest absolute Gasteiger partial charge is 0.267 e. The molecule has 2 rings (SSSR count). The highest BCUT2D eigenvalue weighted by molar-refractivity contribution is 9.10. The molecule has 0 saturated heterocycles. The molecule has 0 spiro atoms. The van der Waals surface area contributed by atoms with Crippen molar-refractivity contribution < 1.29 is 0 Å². The number of nitrogens with one attached hydrogen (secondary N) is 2. The standard InChI is InChI=1S/C13H16BrN3O/c1-9-12(7-8-15-2)13(18)16-17(9)11-5-3-10(14)4-6-11/h3-6,15H,7-8H2,1-2H3,(H,16,18). The van der Waals surface area contributed by atoms with Crippen LogP contribution in [0.1, 0.15) is 11.3 Å². The van der Waals surface area contributed by atoms with Crippen molar-refractivity contribution >= 4 is 15.9 Å². The first-order valence-electron chi connectivity index (χ1n) is 5.84. The zero-order valence-electron chi connectivity index (χ0n) is 10.5. The third kappa shape index (κ3) is 2.57. The maximum atomic E-state index is 11.9. The molecule has 0 aliphatic heterocycles. The molecule has 4 nitrogen and oxygen atoms in total. The number of aromatic amines is 1. The lowest BCUT2D eigenvalue weighted by atomic mass is 10.2. The van der Waals surface area contributed by atoms with Crippen molar-refractivity contribution in [1.82, 2.24) is 15.1 Å². The van der Waals surface area contributed by atoms with Crippen molar-refractivity contribution in [2.45, 2.75) is 13.3 Å². The molecule has 18 heavy (non-hydrogen) atoms. The highest BCUT2D eigenvalue weighted by atomic mass is 79.9. The second kappa shape index (κ2) is 5.54. The SMILES string of the molecule is CNCCc1c(C)n(-c2ccc(Br)cc2)[nH]c1=O. The van der Waals surface area contributed by atoms with Crippen LogP contribution in [0.3, 0.4) is 0 Å². The van der Waals surface area contributed by atoms with Gasteiger partial charge in [0.1, 0.15) is 0 Å². The Morgan fingerprint density at radius 1 is 1.33 bits per heavy atom. The molecule has 1 aromatic heterocycles. The lowest BCUT2D eigenvalue weighted by molar-refractivity contribution is 0.783. The van der Waals surface area contributed by atoms with Gasteiger partial charge in [0.15, 0.2) is 0 Å². The van der Waals surface area contributed by atoms with E-state index < -0.39 is 0 Å². The fourth-order valence-electron chi connectivity index (χ4n) is 1.94. The molecule has 0 aliphatic carbocycles. The summed E-state index contributed by atoms with van der Waals surface area (Å²) in [7, 11) is 1.88. The quantitative estimate of drug-likeness (QED) is 0.907. The molecule has 96 valence electrons. The van der Waals surface area contributed by atoms with E-state index in [9.17, 15) is 4.79 Å². The second-order valence-electron chi connectivity index (χ2n) is 4.17. The summed E-state index contributed by atoms with van der Waals surface area (Å²) in [5.41, 5.74) is 2.76. The first-order chi connectivity index (χ1) is 8.63. The monoisotopic (exact) mass is 309 g/mol. The summed E-state index contributed by atoms with van der Waals surface area (Å²) in [6.07, 6.45) is 0.737. The van der Waals surface area contributed by atoms with E-state index in [0.29, 0.717) is 0 Å². The molecule has 0 radical (unpaired) electrons. The number of nitrogens with zero attached hydrogens (tertiary/aromatic N) is 1. The topological polar surface area (TPSA) is 49.8 Å². The number of rotatable bonds is 4. The Hall–Kier alpha value is -1.33. The zero-order chi connectivity index (χ0) is 13.1. The van der Waals surface area contributed by atoms with E-state index in [1.54, 1.807) is 0 Å². The van der Waals surface area contributed by atoms with Gasteiger partial charge in [-0.05, 0) is 51.2 Å². The van der Waals surface area contributed by atoms with Crippen LogP contribution in [0, 0.1) is 6.92 Å². The van der Waals surface area contributed by atoms with Gasteiger partial charge in [-0.15, -0.1) is 0 Å². The van der Waals surface area contributed by atoms with Crippen LogP contribution in [0.5, 0.6) is 0 Å². The highest BCUT2D eigenvalue weighted by Gasteiger charge is 2.11. The van der Waals surface area contributed by atoms with E-state index in [-0.39, 0.29) is 5.56 Å². The van der Waals surface area contributed by atoms with Gasteiger partial charge in [0.2, 0.25) is 0 Å². The third-order valence-corrected chi connectivity index (χ3v) is 3.50. The van der Waals surface area contributed by atoms with Crippen molar-refractivity contribution in [1.29, 1.82) is 0 Å². The van der Waals surface area contributed by atoms with Gasteiger partial charge >= 0.3 is 0 Å². The summed E-state index contributed by atoms with van der Waals surface area (Å²) in [6, 6.07) is 7.85. The van der Waals surface area contributed by atoms with Crippen molar-refractivity contribution in [2.75, 3.05) is 13.6 Å². The van der Waals surface area contributed by atoms with Gasteiger partial charge in [-0.1, -0.05) is 15.9 Å². The lowest BCUT2D eigenvalue weighted by Gasteiger charge is -2.06. The van der Waals surface area contributed by atoms with Gasteiger partial charge in [-0.3, -0.25) is 14.6 Å². The Labute approximate surface area is 114 Å². The molecule has 2 aromatic rings. The average Bonchev–Trinajstić information content (AvgIpc) is 2.64. The number of benzene rings is 1. The average molecular weight is 310 g/mol. The molecule has 0 bridgehead atoms. The Kier molecular flexibility index (Phi) is 4.04. The summed E-state index contributed by atoms with van der Waals surface area (Å²) in [5, 5.41) is 5.93. The summed E-state index contributed by atoms with van der Waals surface area (Å²) in [5.74, 6) is 0. The molecular weight excluding hydrogens is 294 g/mol. The van der Waals surface area contributed by atoms with E-state index >= 15 is 0 Å². The molecule has 0 amide bonds. The van der Waals surface area contributed by atoms with Gasteiger partial charge in [0.05, 0.1) is 5.69 Å². The molecule has 1 aromatic carbocycles. The molecule has 2 N–H and O–H groups in total. The van der Waals surface area contributed by atoms with Gasteiger partial charge < -0.3 is 5.32 Å². The molecule has 0 aliphatic rings. The zero-order valence-corrected chi connectivity index (χ0v) is 12.0. The van der Waals surface area contributed by atoms with Crippen molar-refractivity contribution in [3.05, 3.63) is 50.3 Å². The minimum atomic E-state index is -0.00864. The van der Waals surface area contributed by atoms with Crippen LogP contribution in [-0.2, 0) is 6.42 Å². The van der Waals surface area contributed by atoms with Crippen LogP contribution in [0.2, 0.25) is 0 Å². The van der Waals surface area contributed by atoms with Gasteiger partial charge in [-0.25, -0.2) is 0 Å². The molecule has 5 heteroatoms. The number of hydrogen-bond acceptors (Lipinski definition) is 2. The molecule has 1 heterocycles. The Morgan fingerprint density at radius 3 is 2.61 bits per heavy atom. The Balaban J connectivity index is 2.40. The molecular formula is C13H16BrN3O. The number of aromatic nitrogens is 2. The van der Waals surface area contributed by atoms with E-state index in [2.05, 4.69) is 26.3 Å². The van der Waals surface area contributed by atoms with Crippen molar-refractivity contribution in [2.24, 2.45) is 0 Å². The lowest BCUT2D eigenvalue weighted by Crippen LogP contribution is -2.15. The summed E-state index contributed by atoms with van der Waals surface area (Å²) in [4.78, 5) is 11.9. The maximum absolute atomic E-state index is 11.9. The largest absolute Gasteiger partial charge is 0.319 e. The van der Waals surface area contributed by atoms with Crippen LogP contribution in [0.25, 0.3) is 5.69 Å².